The summed E-state index contributed by atoms with van der Waals surface area (Å²) in [5.41, 5.74) is 0. The summed E-state index contributed by atoms with van der Waals surface area (Å²) in [6.07, 6.45) is 55.8. The molecule has 0 aliphatic carbocycles. The molecule has 2 unspecified atom stereocenters. The summed E-state index contributed by atoms with van der Waals surface area (Å²) < 4.78 is 68.4. The Morgan fingerprint density at radius 3 is 0.716 bits per heavy atom. The SMILES string of the molecule is CCCCCCCCCCCCCCCCCCCCCCCC(=O)O[C@H](COC(=O)CCCCCCCCCCCCCCC(C)C)COP(=O)(O)OC[C@@H](O)COP(=O)(O)OC[C@@H](COC(=O)CCCCCCCCC)OC(=O)CCCCCCCCCCCC(C)C. The molecule has 0 aromatic rings. The summed E-state index contributed by atoms with van der Waals surface area (Å²) in [5, 5.41) is 10.6. The molecule has 95 heavy (non-hydrogen) atoms. The number of aliphatic hydroxyl groups is 1. The van der Waals surface area contributed by atoms with Gasteiger partial charge in [0.05, 0.1) is 26.4 Å². The predicted molar refractivity (Wildman–Crippen MR) is 386 cm³/mol. The van der Waals surface area contributed by atoms with Crippen molar-refractivity contribution in [2.75, 3.05) is 39.6 Å². The summed E-state index contributed by atoms with van der Waals surface area (Å²) in [5.74, 6) is -0.603. The van der Waals surface area contributed by atoms with Crippen molar-refractivity contribution >= 4 is 39.5 Å². The molecule has 0 heterocycles. The number of ether oxygens (including phenoxy) is 4. The molecule has 3 N–H and O–H groups in total. The van der Waals surface area contributed by atoms with Crippen LogP contribution in [0.1, 0.15) is 395 Å². The number of carbonyl (C=O) groups excluding carboxylic acids is 4. The average Bonchev–Trinajstić information content (AvgIpc) is 1.78. The third kappa shape index (κ3) is 70.3. The lowest BCUT2D eigenvalue weighted by atomic mass is 10.0. The Balaban J connectivity index is 5.17. The Kier molecular flexibility index (Phi) is 66.5. The van der Waals surface area contributed by atoms with Gasteiger partial charge in [-0.3, -0.25) is 37.3 Å². The molecule has 564 valence electrons. The molecule has 0 aliphatic heterocycles. The zero-order chi connectivity index (χ0) is 70.0. The van der Waals surface area contributed by atoms with E-state index in [2.05, 4.69) is 41.5 Å². The lowest BCUT2D eigenvalue weighted by Gasteiger charge is -2.21. The van der Waals surface area contributed by atoms with Crippen LogP contribution in [0, 0.1) is 11.8 Å². The van der Waals surface area contributed by atoms with E-state index >= 15 is 0 Å². The van der Waals surface area contributed by atoms with Crippen LogP contribution in [0.3, 0.4) is 0 Å². The van der Waals surface area contributed by atoms with Crippen LogP contribution < -0.4 is 0 Å². The van der Waals surface area contributed by atoms with E-state index < -0.39 is 97.5 Å². The highest BCUT2D eigenvalue weighted by Crippen LogP contribution is 2.45. The average molecular weight is 1400 g/mol. The number of rotatable bonds is 75. The zero-order valence-electron chi connectivity index (χ0n) is 62.0. The second-order valence-corrected chi connectivity index (χ2v) is 31.3. The third-order valence-corrected chi connectivity index (χ3v) is 19.6. The van der Waals surface area contributed by atoms with Crippen LogP contribution in [-0.4, -0.2) is 96.7 Å². The number of aliphatic hydroxyl groups excluding tert-OH is 1. The van der Waals surface area contributed by atoms with Gasteiger partial charge in [-0.2, -0.15) is 0 Å². The van der Waals surface area contributed by atoms with Crippen molar-refractivity contribution in [3.63, 3.8) is 0 Å². The molecule has 5 atom stereocenters. The van der Waals surface area contributed by atoms with Crippen LogP contribution in [0.5, 0.6) is 0 Å². The molecular weight excluding hydrogens is 1250 g/mol. The van der Waals surface area contributed by atoms with Gasteiger partial charge >= 0.3 is 39.5 Å². The molecule has 0 amide bonds. The maximum atomic E-state index is 13.1. The van der Waals surface area contributed by atoms with Crippen molar-refractivity contribution in [3.8, 4) is 0 Å². The van der Waals surface area contributed by atoms with E-state index in [1.807, 2.05) is 0 Å². The van der Waals surface area contributed by atoms with E-state index in [0.29, 0.717) is 25.7 Å². The van der Waals surface area contributed by atoms with Gasteiger partial charge in [0.1, 0.15) is 19.3 Å². The van der Waals surface area contributed by atoms with Crippen molar-refractivity contribution < 1.29 is 80.2 Å². The predicted octanol–water partition coefficient (Wildman–Crippen LogP) is 22.3. The molecule has 0 aromatic heterocycles. The quantitative estimate of drug-likeness (QED) is 0.0222. The Hall–Kier alpha value is -1.94. The van der Waals surface area contributed by atoms with E-state index in [1.54, 1.807) is 0 Å². The van der Waals surface area contributed by atoms with Crippen LogP contribution in [-0.2, 0) is 65.4 Å². The second-order valence-electron chi connectivity index (χ2n) is 28.3. The Labute approximate surface area is 581 Å². The minimum Gasteiger partial charge on any atom is -0.462 e. The first-order chi connectivity index (χ1) is 45.9. The minimum atomic E-state index is -4.96. The van der Waals surface area contributed by atoms with Gasteiger partial charge in [0.25, 0.3) is 0 Å². The van der Waals surface area contributed by atoms with E-state index in [9.17, 15) is 43.2 Å². The van der Waals surface area contributed by atoms with Gasteiger partial charge in [-0.05, 0) is 37.5 Å². The van der Waals surface area contributed by atoms with E-state index in [1.165, 1.54) is 199 Å². The van der Waals surface area contributed by atoms with Gasteiger partial charge in [-0.15, -0.1) is 0 Å². The largest absolute Gasteiger partial charge is 0.472 e. The summed E-state index contributed by atoms with van der Waals surface area (Å²) >= 11 is 0. The topological polar surface area (TPSA) is 237 Å². The van der Waals surface area contributed by atoms with E-state index in [-0.39, 0.29) is 25.7 Å². The fourth-order valence-corrected chi connectivity index (χ4v) is 13.2. The summed E-state index contributed by atoms with van der Waals surface area (Å²) in [7, 11) is -9.90. The molecule has 0 spiro atoms. The number of hydrogen-bond acceptors (Lipinski definition) is 15. The molecule has 0 rings (SSSR count). The van der Waals surface area contributed by atoms with Gasteiger partial charge in [0, 0.05) is 25.7 Å². The first-order valence-electron chi connectivity index (χ1n) is 39.5. The van der Waals surface area contributed by atoms with Crippen molar-refractivity contribution in [1.29, 1.82) is 0 Å². The normalized spacial score (nSPS) is 14.0. The Morgan fingerprint density at radius 2 is 0.484 bits per heavy atom. The molecule has 0 fully saturated rings. The molecule has 0 bridgehead atoms. The van der Waals surface area contributed by atoms with Gasteiger partial charge in [-0.1, -0.05) is 343 Å². The molecular formula is C76H148O17P2. The summed E-state index contributed by atoms with van der Waals surface area (Å²) in [4.78, 5) is 72.6. The molecule has 0 aliphatic rings. The molecule has 0 saturated carbocycles. The van der Waals surface area contributed by atoms with Crippen molar-refractivity contribution in [1.82, 2.24) is 0 Å². The minimum absolute atomic E-state index is 0.105. The summed E-state index contributed by atoms with van der Waals surface area (Å²) in [6.45, 7) is 9.54. The van der Waals surface area contributed by atoms with Crippen molar-refractivity contribution in [3.05, 3.63) is 0 Å². The van der Waals surface area contributed by atoms with Gasteiger partial charge < -0.3 is 33.8 Å². The summed E-state index contributed by atoms with van der Waals surface area (Å²) in [6, 6.07) is 0. The maximum Gasteiger partial charge on any atom is 0.472 e. The van der Waals surface area contributed by atoms with Gasteiger partial charge in [0.15, 0.2) is 12.2 Å². The van der Waals surface area contributed by atoms with Crippen LogP contribution in [0.25, 0.3) is 0 Å². The molecule has 0 saturated heterocycles. The maximum absolute atomic E-state index is 13.1. The van der Waals surface area contributed by atoms with E-state index in [0.717, 1.165) is 115 Å². The van der Waals surface area contributed by atoms with Gasteiger partial charge in [0.2, 0.25) is 0 Å². The van der Waals surface area contributed by atoms with Crippen molar-refractivity contribution in [2.24, 2.45) is 11.8 Å². The Bertz CT molecular complexity index is 1840. The van der Waals surface area contributed by atoms with Crippen LogP contribution >= 0.6 is 15.6 Å². The van der Waals surface area contributed by atoms with Crippen LogP contribution in [0.15, 0.2) is 0 Å². The van der Waals surface area contributed by atoms with Crippen molar-refractivity contribution in [2.45, 2.75) is 413 Å². The third-order valence-electron chi connectivity index (χ3n) is 17.7. The second kappa shape index (κ2) is 67.9. The zero-order valence-corrected chi connectivity index (χ0v) is 63.8. The fraction of sp³-hybridized carbons (Fsp3) is 0.947. The molecule has 19 heteroatoms. The van der Waals surface area contributed by atoms with Crippen LogP contribution in [0.4, 0.5) is 0 Å². The number of esters is 4. The first kappa shape index (κ1) is 93.1. The highest BCUT2D eigenvalue weighted by atomic mass is 31.2. The molecule has 0 aromatic carbocycles. The Morgan fingerprint density at radius 1 is 0.284 bits per heavy atom. The smallest absolute Gasteiger partial charge is 0.462 e. The van der Waals surface area contributed by atoms with E-state index in [4.69, 9.17) is 37.0 Å². The number of carbonyl (C=O) groups is 4. The molecule has 17 nitrogen and oxygen atoms in total. The monoisotopic (exact) mass is 1400 g/mol. The molecule has 0 radical (unpaired) electrons. The highest BCUT2D eigenvalue weighted by molar-refractivity contribution is 7.47. The highest BCUT2D eigenvalue weighted by Gasteiger charge is 2.30. The van der Waals surface area contributed by atoms with Gasteiger partial charge in [-0.25, -0.2) is 9.13 Å². The lowest BCUT2D eigenvalue weighted by Crippen LogP contribution is -2.30. The lowest BCUT2D eigenvalue weighted by molar-refractivity contribution is -0.161. The number of unbranched alkanes of at least 4 members (excludes halogenated alkanes) is 45. The van der Waals surface area contributed by atoms with Crippen LogP contribution in [0.2, 0.25) is 0 Å². The first-order valence-corrected chi connectivity index (χ1v) is 42.5. The number of phosphoric ester groups is 2. The standard InChI is InChI=1S/C76H148O17P2/c1-7-9-11-13-15-16-17-18-19-20-21-22-23-24-25-26-31-36-42-48-54-60-75(80)93-72(65-87-74(79)59-53-47-41-35-30-28-27-29-33-39-44-50-56-68(3)4)67-91-95(84,85)89-63-70(77)62-88-94(82,83)90-66-71(64-86-73(78)58-52-46-38-14-12-10-8-2)92-76(81)61-55-49-43-37-32-34-40-45-51-57-69(5)6/h68-72,77H,7-67H2,1-6H3,(H,82,83)(H,84,85)/t70-,71+,72+/m0/s1. The number of phosphoric acid groups is 2. The number of hydrogen-bond donors (Lipinski definition) is 3. The fourth-order valence-electron chi connectivity index (χ4n) is 11.7.